The van der Waals surface area contributed by atoms with E-state index in [2.05, 4.69) is 5.32 Å². The van der Waals surface area contributed by atoms with E-state index in [0.717, 1.165) is 19.3 Å². The van der Waals surface area contributed by atoms with Crippen LogP contribution in [0.25, 0.3) is 0 Å². The second-order valence-corrected chi connectivity index (χ2v) is 9.10. The summed E-state index contributed by atoms with van der Waals surface area (Å²) in [5.41, 5.74) is 1.24. The van der Waals surface area contributed by atoms with Gasteiger partial charge < -0.3 is 14.8 Å². The van der Waals surface area contributed by atoms with Crippen LogP contribution >= 0.6 is 0 Å². The van der Waals surface area contributed by atoms with Crippen molar-refractivity contribution in [2.24, 2.45) is 0 Å². The monoisotopic (exact) mass is 432 g/mol. The molecule has 0 spiro atoms. The molecule has 1 fully saturated rings. The van der Waals surface area contributed by atoms with Crippen LogP contribution in [0.1, 0.15) is 31.7 Å². The summed E-state index contributed by atoms with van der Waals surface area (Å²) in [6.45, 7) is 5.06. The Morgan fingerprint density at radius 2 is 1.77 bits per heavy atom. The van der Waals surface area contributed by atoms with Crippen LogP contribution in [0.5, 0.6) is 11.5 Å². The van der Waals surface area contributed by atoms with Crippen LogP contribution in [0.15, 0.2) is 47.4 Å². The van der Waals surface area contributed by atoms with Crippen LogP contribution in [0.3, 0.4) is 0 Å². The van der Waals surface area contributed by atoms with Crippen molar-refractivity contribution in [3.8, 4) is 11.5 Å². The predicted octanol–water partition coefficient (Wildman–Crippen LogP) is 3.59. The van der Waals surface area contributed by atoms with Crippen molar-refractivity contribution in [3.63, 3.8) is 0 Å². The number of nitrogens with one attached hydrogen (secondary N) is 1. The van der Waals surface area contributed by atoms with Gasteiger partial charge in [-0.1, -0.05) is 18.6 Å². The maximum atomic E-state index is 12.8. The van der Waals surface area contributed by atoms with Crippen molar-refractivity contribution in [3.05, 3.63) is 48.0 Å². The minimum absolute atomic E-state index is 0.195. The van der Waals surface area contributed by atoms with Gasteiger partial charge in [-0.25, -0.2) is 8.42 Å². The number of benzene rings is 2. The van der Waals surface area contributed by atoms with Gasteiger partial charge in [0.1, 0.15) is 11.5 Å². The molecule has 0 atom stereocenters. The molecule has 162 valence electrons. The number of aryl methyl sites for hydroxylation is 1. The van der Waals surface area contributed by atoms with Crippen molar-refractivity contribution in [2.75, 3.05) is 31.6 Å². The van der Waals surface area contributed by atoms with E-state index >= 15 is 0 Å². The molecule has 3 rings (SSSR count). The van der Waals surface area contributed by atoms with Gasteiger partial charge in [-0.2, -0.15) is 4.31 Å². The van der Waals surface area contributed by atoms with Gasteiger partial charge in [0.05, 0.1) is 17.2 Å². The topological polar surface area (TPSA) is 84.9 Å². The van der Waals surface area contributed by atoms with Gasteiger partial charge in [-0.3, -0.25) is 4.79 Å². The van der Waals surface area contributed by atoms with Gasteiger partial charge >= 0.3 is 0 Å². The molecule has 1 aliphatic heterocycles. The van der Waals surface area contributed by atoms with Crippen molar-refractivity contribution < 1.29 is 22.7 Å². The van der Waals surface area contributed by atoms with Gasteiger partial charge in [0.25, 0.3) is 5.91 Å². The Balaban J connectivity index is 1.63. The zero-order valence-electron chi connectivity index (χ0n) is 17.4. The van der Waals surface area contributed by atoms with E-state index < -0.39 is 10.0 Å². The lowest BCUT2D eigenvalue weighted by molar-refractivity contribution is -0.118. The van der Waals surface area contributed by atoms with Crippen molar-refractivity contribution in [1.29, 1.82) is 0 Å². The lowest BCUT2D eigenvalue weighted by atomic mass is 10.2. The molecule has 30 heavy (non-hydrogen) atoms. The van der Waals surface area contributed by atoms with Gasteiger partial charge in [0, 0.05) is 13.1 Å². The fraction of sp³-hybridized carbons (Fsp3) is 0.409. The average Bonchev–Trinajstić information content (AvgIpc) is 2.75. The maximum Gasteiger partial charge on any atom is 0.262 e. The van der Waals surface area contributed by atoms with E-state index in [-0.39, 0.29) is 17.4 Å². The Kier molecular flexibility index (Phi) is 7.33. The number of carbonyl (C=O) groups is 1. The Morgan fingerprint density at radius 3 is 2.47 bits per heavy atom. The molecule has 0 radical (unpaired) electrons. The third-order valence-corrected chi connectivity index (χ3v) is 6.81. The summed E-state index contributed by atoms with van der Waals surface area (Å²) in [7, 11) is -3.50. The molecule has 7 nitrogen and oxygen atoms in total. The van der Waals surface area contributed by atoms with E-state index in [1.807, 2.05) is 19.1 Å². The van der Waals surface area contributed by atoms with Crippen LogP contribution in [0.2, 0.25) is 0 Å². The number of hydrogen-bond acceptors (Lipinski definition) is 5. The Labute approximate surface area is 178 Å². The third kappa shape index (κ3) is 5.31. The van der Waals surface area contributed by atoms with Gasteiger partial charge in [0.15, 0.2) is 6.61 Å². The molecule has 0 aromatic heterocycles. The quantitative estimate of drug-likeness (QED) is 0.689. The molecule has 1 heterocycles. The predicted molar refractivity (Wildman–Crippen MR) is 116 cm³/mol. The number of ether oxygens (including phenoxy) is 2. The summed E-state index contributed by atoms with van der Waals surface area (Å²) in [5, 5.41) is 2.77. The van der Waals surface area contributed by atoms with Crippen LogP contribution in [-0.2, 0) is 14.8 Å². The zero-order chi connectivity index (χ0) is 21.6. The molecular formula is C22H28N2O5S. The molecule has 0 bridgehead atoms. The Morgan fingerprint density at radius 1 is 1.03 bits per heavy atom. The van der Waals surface area contributed by atoms with Crippen LogP contribution in [-0.4, -0.2) is 44.9 Å². The zero-order valence-corrected chi connectivity index (χ0v) is 18.2. The molecule has 8 heteroatoms. The van der Waals surface area contributed by atoms with Gasteiger partial charge in [0.2, 0.25) is 10.0 Å². The first-order valence-corrected chi connectivity index (χ1v) is 11.6. The first-order chi connectivity index (χ1) is 14.4. The van der Waals surface area contributed by atoms with E-state index in [9.17, 15) is 13.2 Å². The van der Waals surface area contributed by atoms with E-state index in [4.69, 9.17) is 9.47 Å². The summed E-state index contributed by atoms with van der Waals surface area (Å²) in [6.07, 6.45) is 2.84. The highest BCUT2D eigenvalue weighted by molar-refractivity contribution is 7.89. The van der Waals surface area contributed by atoms with Crippen molar-refractivity contribution in [2.45, 2.75) is 38.0 Å². The first kappa shape index (κ1) is 22.1. The number of rotatable bonds is 8. The number of amides is 1. The lowest BCUT2D eigenvalue weighted by Gasteiger charge is -2.26. The Bertz CT molecular complexity index is 985. The van der Waals surface area contributed by atoms with E-state index in [1.165, 1.54) is 10.4 Å². The van der Waals surface area contributed by atoms with Crippen LogP contribution < -0.4 is 14.8 Å². The molecule has 2 aromatic carbocycles. The van der Waals surface area contributed by atoms with Crippen molar-refractivity contribution in [1.82, 2.24) is 4.31 Å². The molecule has 2 aromatic rings. The minimum atomic E-state index is -3.50. The minimum Gasteiger partial charge on any atom is -0.492 e. The molecule has 1 N–H and O–H groups in total. The molecule has 1 amide bonds. The molecule has 0 saturated carbocycles. The van der Waals surface area contributed by atoms with E-state index in [0.29, 0.717) is 42.4 Å². The summed E-state index contributed by atoms with van der Waals surface area (Å²) >= 11 is 0. The summed E-state index contributed by atoms with van der Waals surface area (Å²) in [4.78, 5) is 12.5. The van der Waals surface area contributed by atoms with Crippen LogP contribution in [0, 0.1) is 6.92 Å². The molecule has 0 aliphatic carbocycles. The second-order valence-electron chi connectivity index (χ2n) is 7.16. The number of piperidine rings is 1. The number of para-hydroxylation sites is 2. The fourth-order valence-corrected chi connectivity index (χ4v) is 4.98. The molecular weight excluding hydrogens is 404 g/mol. The highest BCUT2D eigenvalue weighted by Crippen LogP contribution is 2.26. The highest BCUT2D eigenvalue weighted by Gasteiger charge is 2.26. The highest BCUT2D eigenvalue weighted by atomic mass is 32.2. The van der Waals surface area contributed by atoms with E-state index in [1.54, 1.807) is 31.2 Å². The molecule has 1 aliphatic rings. The maximum absolute atomic E-state index is 12.8. The fourth-order valence-electron chi connectivity index (χ4n) is 3.38. The number of nitrogens with zero attached hydrogens (tertiary/aromatic N) is 1. The number of sulfonamides is 1. The largest absolute Gasteiger partial charge is 0.492 e. The Hall–Kier alpha value is -2.58. The smallest absolute Gasteiger partial charge is 0.262 e. The lowest BCUT2D eigenvalue weighted by Crippen LogP contribution is -2.35. The normalized spacial score (nSPS) is 14.9. The number of carbonyl (C=O) groups excluding carboxylic acids is 1. The standard InChI is InChI=1S/C22H28N2O5S/c1-3-28-21-10-6-5-9-19(21)23-22(25)16-29-20-12-11-18(15-17(20)2)30(26,27)24-13-7-4-8-14-24/h5-6,9-12,15H,3-4,7-8,13-14,16H2,1-2H3,(H,23,25). The number of anilines is 1. The first-order valence-electron chi connectivity index (χ1n) is 10.2. The second kappa shape index (κ2) is 9.95. The SMILES string of the molecule is CCOc1ccccc1NC(=O)COc1ccc(S(=O)(=O)N2CCCCC2)cc1C. The van der Waals surface area contributed by atoms with Gasteiger partial charge in [-0.05, 0) is 62.6 Å². The molecule has 1 saturated heterocycles. The average molecular weight is 433 g/mol. The van der Waals surface area contributed by atoms with Crippen molar-refractivity contribution >= 4 is 21.6 Å². The third-order valence-electron chi connectivity index (χ3n) is 4.92. The summed E-state index contributed by atoms with van der Waals surface area (Å²) < 4.78 is 38.3. The summed E-state index contributed by atoms with van der Waals surface area (Å²) in [6, 6.07) is 11.9. The number of hydrogen-bond donors (Lipinski definition) is 1. The summed E-state index contributed by atoms with van der Waals surface area (Å²) in [5.74, 6) is 0.740. The van der Waals surface area contributed by atoms with Gasteiger partial charge in [-0.15, -0.1) is 0 Å². The van der Waals surface area contributed by atoms with Crippen LogP contribution in [0.4, 0.5) is 5.69 Å². The molecule has 0 unspecified atom stereocenters.